The van der Waals surface area contributed by atoms with Crippen LogP contribution in [-0.4, -0.2) is 59.2 Å². The monoisotopic (exact) mass is 349 g/mol. The Hall–Kier alpha value is -2.08. The molecule has 0 radical (unpaired) electrons. The van der Waals surface area contributed by atoms with E-state index in [2.05, 4.69) is 5.32 Å². The highest BCUT2D eigenvalue weighted by Crippen LogP contribution is 2.22. The minimum Gasteiger partial charge on any atom is -0.342 e. The number of halogens is 1. The van der Waals surface area contributed by atoms with Gasteiger partial charge in [0.05, 0.1) is 17.1 Å². The predicted octanol–water partition coefficient (Wildman–Crippen LogP) is 1.15. The molecule has 2 fully saturated rings. The maximum Gasteiger partial charge on any atom is 0.255 e. The number of carbonyl (C=O) groups excluding carboxylic acids is 3. The fourth-order valence-electron chi connectivity index (χ4n) is 3.20. The van der Waals surface area contributed by atoms with E-state index in [4.69, 9.17) is 11.6 Å². The van der Waals surface area contributed by atoms with Crippen molar-refractivity contribution in [3.05, 3.63) is 34.9 Å². The fraction of sp³-hybridized carbons (Fsp3) is 0.471. The van der Waals surface area contributed by atoms with Crippen LogP contribution in [0.15, 0.2) is 24.3 Å². The maximum atomic E-state index is 12.7. The molecule has 0 aliphatic carbocycles. The van der Waals surface area contributed by atoms with Crippen molar-refractivity contribution in [3.8, 4) is 0 Å². The summed E-state index contributed by atoms with van der Waals surface area (Å²) in [5.41, 5.74) is 0.412. The Morgan fingerprint density at radius 2 is 1.96 bits per heavy atom. The molecule has 1 N–H and O–H groups in total. The minimum absolute atomic E-state index is 0.0326. The number of amides is 3. The SMILES string of the molecule is CC(C)[C@@H]1NC(=O)[C@H]2CN(C(=O)c3ccccc3Cl)CCN2C1=O. The summed E-state index contributed by atoms with van der Waals surface area (Å²) in [7, 11) is 0. The standard InChI is InChI=1S/C17H20ClN3O3/c1-10(2)14-17(24)21-8-7-20(9-13(21)15(22)19-14)16(23)11-5-3-4-6-12(11)18/h3-6,10,13-14H,7-9H2,1-2H3,(H,19,22)/t13-,14+/m1/s1. The van der Waals surface area contributed by atoms with E-state index < -0.39 is 12.1 Å². The number of benzene rings is 1. The average Bonchev–Trinajstić information content (AvgIpc) is 2.57. The van der Waals surface area contributed by atoms with Crippen LogP contribution < -0.4 is 5.32 Å². The number of hydrogen-bond donors (Lipinski definition) is 1. The molecule has 7 heteroatoms. The van der Waals surface area contributed by atoms with E-state index in [0.29, 0.717) is 23.7 Å². The van der Waals surface area contributed by atoms with Crippen LogP contribution in [0.4, 0.5) is 0 Å². The van der Waals surface area contributed by atoms with Gasteiger partial charge in [0.1, 0.15) is 12.1 Å². The molecule has 0 spiro atoms. The van der Waals surface area contributed by atoms with Gasteiger partial charge in [-0.3, -0.25) is 14.4 Å². The summed E-state index contributed by atoms with van der Waals surface area (Å²) in [6.45, 7) is 4.74. The fourth-order valence-corrected chi connectivity index (χ4v) is 3.42. The van der Waals surface area contributed by atoms with Gasteiger partial charge in [-0.1, -0.05) is 37.6 Å². The highest BCUT2D eigenvalue weighted by Gasteiger charge is 2.45. The largest absolute Gasteiger partial charge is 0.342 e. The number of fused-ring (bicyclic) bond motifs is 1. The van der Waals surface area contributed by atoms with Crippen LogP contribution in [0.1, 0.15) is 24.2 Å². The molecule has 3 rings (SSSR count). The molecule has 0 saturated carbocycles. The zero-order valence-electron chi connectivity index (χ0n) is 13.7. The zero-order chi connectivity index (χ0) is 17.4. The van der Waals surface area contributed by atoms with Crippen molar-refractivity contribution in [1.82, 2.24) is 15.1 Å². The molecule has 2 aliphatic heterocycles. The third-order valence-electron chi connectivity index (χ3n) is 4.59. The zero-order valence-corrected chi connectivity index (χ0v) is 14.4. The van der Waals surface area contributed by atoms with Crippen molar-refractivity contribution < 1.29 is 14.4 Å². The number of hydrogen-bond acceptors (Lipinski definition) is 3. The summed E-state index contributed by atoms with van der Waals surface area (Å²) in [5, 5.41) is 3.16. The van der Waals surface area contributed by atoms with Gasteiger partial charge in [-0.15, -0.1) is 0 Å². The summed E-state index contributed by atoms with van der Waals surface area (Å²) in [6, 6.07) is 5.72. The van der Waals surface area contributed by atoms with Crippen molar-refractivity contribution in [2.75, 3.05) is 19.6 Å². The molecule has 2 aliphatic rings. The first-order chi connectivity index (χ1) is 11.4. The lowest BCUT2D eigenvalue weighted by Crippen LogP contribution is -2.70. The Morgan fingerprint density at radius 3 is 2.62 bits per heavy atom. The Kier molecular flexibility index (Phi) is 4.49. The van der Waals surface area contributed by atoms with Crippen LogP contribution in [0.25, 0.3) is 0 Å². The van der Waals surface area contributed by atoms with Gasteiger partial charge in [-0.05, 0) is 18.1 Å². The van der Waals surface area contributed by atoms with Gasteiger partial charge in [0, 0.05) is 13.1 Å². The predicted molar refractivity (Wildman–Crippen MR) is 89.6 cm³/mol. The second kappa shape index (κ2) is 6.43. The Morgan fingerprint density at radius 1 is 1.25 bits per heavy atom. The molecule has 1 aromatic rings. The number of carbonyl (C=O) groups is 3. The average molecular weight is 350 g/mol. The molecule has 6 nitrogen and oxygen atoms in total. The molecule has 1 aromatic carbocycles. The number of piperazine rings is 2. The molecule has 2 atom stereocenters. The highest BCUT2D eigenvalue weighted by molar-refractivity contribution is 6.33. The van der Waals surface area contributed by atoms with E-state index >= 15 is 0 Å². The normalized spacial score (nSPS) is 24.0. The van der Waals surface area contributed by atoms with Crippen LogP contribution in [0, 0.1) is 5.92 Å². The van der Waals surface area contributed by atoms with E-state index in [-0.39, 0.29) is 30.2 Å². The van der Waals surface area contributed by atoms with Crippen molar-refractivity contribution in [1.29, 1.82) is 0 Å². The van der Waals surface area contributed by atoms with Gasteiger partial charge in [0.25, 0.3) is 5.91 Å². The van der Waals surface area contributed by atoms with Crippen LogP contribution in [0.3, 0.4) is 0 Å². The molecular formula is C17H20ClN3O3. The van der Waals surface area contributed by atoms with Crippen molar-refractivity contribution in [3.63, 3.8) is 0 Å². The van der Waals surface area contributed by atoms with Gasteiger partial charge < -0.3 is 15.1 Å². The molecule has 0 aromatic heterocycles. The van der Waals surface area contributed by atoms with Gasteiger partial charge in [0.2, 0.25) is 11.8 Å². The molecule has 128 valence electrons. The topological polar surface area (TPSA) is 69.7 Å². The summed E-state index contributed by atoms with van der Waals surface area (Å²) >= 11 is 6.09. The van der Waals surface area contributed by atoms with Gasteiger partial charge in [-0.25, -0.2) is 0 Å². The summed E-state index contributed by atoms with van der Waals surface area (Å²) in [5.74, 6) is -0.457. The third kappa shape index (κ3) is 2.86. The van der Waals surface area contributed by atoms with Crippen molar-refractivity contribution >= 4 is 29.3 Å². The smallest absolute Gasteiger partial charge is 0.255 e. The van der Waals surface area contributed by atoms with Crippen LogP contribution in [0.5, 0.6) is 0 Å². The second-order valence-corrected chi connectivity index (χ2v) is 6.92. The quantitative estimate of drug-likeness (QED) is 0.870. The van der Waals surface area contributed by atoms with Crippen molar-refractivity contribution in [2.45, 2.75) is 25.9 Å². The molecule has 2 saturated heterocycles. The number of nitrogens with zero attached hydrogens (tertiary/aromatic N) is 2. The first kappa shape index (κ1) is 16.8. The van der Waals surface area contributed by atoms with Gasteiger partial charge >= 0.3 is 0 Å². The second-order valence-electron chi connectivity index (χ2n) is 6.51. The van der Waals surface area contributed by atoms with E-state index in [1.807, 2.05) is 13.8 Å². The van der Waals surface area contributed by atoms with Crippen LogP contribution >= 0.6 is 11.6 Å². The highest BCUT2D eigenvalue weighted by atomic mass is 35.5. The van der Waals surface area contributed by atoms with E-state index in [1.165, 1.54) is 0 Å². The Bertz CT molecular complexity index is 691. The first-order valence-corrected chi connectivity index (χ1v) is 8.42. The lowest BCUT2D eigenvalue weighted by Gasteiger charge is -2.46. The number of rotatable bonds is 2. The lowest BCUT2D eigenvalue weighted by atomic mass is 9.96. The molecule has 2 heterocycles. The van der Waals surface area contributed by atoms with Crippen LogP contribution in [0.2, 0.25) is 5.02 Å². The minimum atomic E-state index is -0.632. The van der Waals surface area contributed by atoms with Gasteiger partial charge in [0.15, 0.2) is 0 Å². The number of nitrogens with one attached hydrogen (secondary N) is 1. The van der Waals surface area contributed by atoms with Crippen LogP contribution in [-0.2, 0) is 9.59 Å². The molecule has 0 bridgehead atoms. The Balaban J connectivity index is 1.78. The third-order valence-corrected chi connectivity index (χ3v) is 4.92. The van der Waals surface area contributed by atoms with E-state index in [0.717, 1.165) is 0 Å². The molecule has 3 amide bonds. The summed E-state index contributed by atoms with van der Waals surface area (Å²) in [4.78, 5) is 40.8. The molecule has 0 unspecified atom stereocenters. The lowest BCUT2D eigenvalue weighted by molar-refractivity contribution is -0.153. The van der Waals surface area contributed by atoms with Gasteiger partial charge in [-0.2, -0.15) is 0 Å². The van der Waals surface area contributed by atoms with E-state index in [1.54, 1.807) is 34.1 Å². The first-order valence-electron chi connectivity index (χ1n) is 8.05. The maximum absolute atomic E-state index is 12.7. The summed E-state index contributed by atoms with van der Waals surface area (Å²) < 4.78 is 0. The van der Waals surface area contributed by atoms with E-state index in [9.17, 15) is 14.4 Å². The Labute approximate surface area is 145 Å². The summed E-state index contributed by atoms with van der Waals surface area (Å²) in [6.07, 6.45) is 0. The molecular weight excluding hydrogens is 330 g/mol. The van der Waals surface area contributed by atoms with Crippen molar-refractivity contribution in [2.24, 2.45) is 5.92 Å². The molecule has 24 heavy (non-hydrogen) atoms.